The molecule has 108 valence electrons. The van der Waals surface area contributed by atoms with Gasteiger partial charge in [-0.3, -0.25) is 4.68 Å². The number of halogens is 3. The zero-order valence-corrected chi connectivity index (χ0v) is 11.1. The molecule has 6 heteroatoms. The fraction of sp³-hybridized carbons (Fsp3) is 0.769. The highest BCUT2D eigenvalue weighted by molar-refractivity contribution is 5.00. The Hall–Kier alpha value is -1.04. The van der Waals surface area contributed by atoms with E-state index >= 15 is 0 Å². The molecule has 0 amide bonds. The molecule has 0 radical (unpaired) electrons. The van der Waals surface area contributed by atoms with Crippen molar-refractivity contribution in [2.24, 2.45) is 13.0 Å². The average molecular weight is 275 g/mol. The second-order valence-corrected chi connectivity index (χ2v) is 5.24. The molecular weight excluding hydrogens is 255 g/mol. The summed E-state index contributed by atoms with van der Waals surface area (Å²) in [6.45, 7) is 0.793. The van der Waals surface area contributed by atoms with E-state index in [0.29, 0.717) is 12.8 Å². The predicted molar refractivity (Wildman–Crippen MR) is 66.7 cm³/mol. The number of hydrogen-bond acceptors (Lipinski definition) is 2. The zero-order valence-electron chi connectivity index (χ0n) is 11.1. The molecule has 0 unspecified atom stereocenters. The summed E-state index contributed by atoms with van der Waals surface area (Å²) in [5.41, 5.74) is 1.14. The summed E-state index contributed by atoms with van der Waals surface area (Å²) < 4.78 is 39.4. The summed E-state index contributed by atoms with van der Waals surface area (Å²) in [6.07, 6.45) is 0.351. The number of aryl methyl sites for hydroxylation is 1. The fourth-order valence-electron chi connectivity index (χ4n) is 2.68. The van der Waals surface area contributed by atoms with Gasteiger partial charge < -0.3 is 5.32 Å². The molecule has 1 aromatic rings. The first-order chi connectivity index (χ1) is 8.97. The van der Waals surface area contributed by atoms with Crippen molar-refractivity contribution in [1.29, 1.82) is 0 Å². The quantitative estimate of drug-likeness (QED) is 0.915. The minimum absolute atomic E-state index is 0.229. The van der Waals surface area contributed by atoms with Gasteiger partial charge in [-0.2, -0.15) is 18.3 Å². The minimum atomic E-state index is -4.01. The number of rotatable bonds is 4. The third-order valence-electron chi connectivity index (χ3n) is 3.93. The van der Waals surface area contributed by atoms with Gasteiger partial charge in [0.25, 0.3) is 0 Å². The summed E-state index contributed by atoms with van der Waals surface area (Å²) in [7, 11) is 1.89. The van der Waals surface area contributed by atoms with Crippen molar-refractivity contribution in [2.45, 2.75) is 44.3 Å². The molecule has 0 aliphatic heterocycles. The Kier molecular flexibility index (Phi) is 4.50. The van der Waals surface area contributed by atoms with E-state index in [0.717, 1.165) is 18.7 Å². The van der Waals surface area contributed by atoms with Gasteiger partial charge in [0.15, 0.2) is 0 Å². The van der Waals surface area contributed by atoms with E-state index in [-0.39, 0.29) is 18.9 Å². The van der Waals surface area contributed by atoms with Crippen LogP contribution in [0.25, 0.3) is 0 Å². The Labute approximate surface area is 111 Å². The Morgan fingerprint density at radius 2 is 2.00 bits per heavy atom. The zero-order chi connectivity index (χ0) is 13.9. The Morgan fingerprint density at radius 1 is 1.32 bits per heavy atom. The second-order valence-electron chi connectivity index (χ2n) is 5.24. The van der Waals surface area contributed by atoms with Crippen LogP contribution in [0, 0.1) is 5.92 Å². The van der Waals surface area contributed by atoms with Gasteiger partial charge in [0, 0.05) is 37.9 Å². The van der Waals surface area contributed by atoms with E-state index in [1.807, 2.05) is 17.8 Å². The fourth-order valence-corrected chi connectivity index (χ4v) is 2.68. The van der Waals surface area contributed by atoms with Crippen molar-refractivity contribution in [3.05, 3.63) is 18.0 Å². The third-order valence-corrected chi connectivity index (χ3v) is 3.93. The van der Waals surface area contributed by atoms with Gasteiger partial charge in [-0.15, -0.1) is 0 Å². The average Bonchev–Trinajstić information content (AvgIpc) is 2.75. The molecule has 0 bridgehead atoms. The van der Waals surface area contributed by atoms with Gasteiger partial charge in [0.2, 0.25) is 0 Å². The number of nitrogens with zero attached hydrogens (tertiary/aromatic N) is 2. The smallest absolute Gasteiger partial charge is 0.314 e. The van der Waals surface area contributed by atoms with Crippen LogP contribution >= 0.6 is 0 Å². The van der Waals surface area contributed by atoms with E-state index in [4.69, 9.17) is 0 Å². The molecule has 0 aromatic carbocycles. The molecule has 1 heterocycles. The van der Waals surface area contributed by atoms with Gasteiger partial charge in [-0.25, -0.2) is 0 Å². The van der Waals surface area contributed by atoms with E-state index in [1.54, 1.807) is 6.20 Å². The second kappa shape index (κ2) is 5.94. The molecule has 1 aliphatic carbocycles. The van der Waals surface area contributed by atoms with Crippen LogP contribution in [0.15, 0.2) is 12.3 Å². The standard InChI is InChI=1S/C13H20F3N3/c1-19-12(7-9-18-19)6-8-17-11-4-2-10(3-5-11)13(14,15)16/h7,9-11,17H,2-6,8H2,1H3. The predicted octanol–water partition coefficient (Wildman–Crippen LogP) is 2.67. The van der Waals surface area contributed by atoms with E-state index in [9.17, 15) is 13.2 Å². The molecule has 0 atom stereocenters. The minimum Gasteiger partial charge on any atom is -0.314 e. The van der Waals surface area contributed by atoms with Crippen molar-refractivity contribution in [2.75, 3.05) is 6.54 Å². The monoisotopic (exact) mass is 275 g/mol. The van der Waals surface area contributed by atoms with Crippen LogP contribution in [-0.2, 0) is 13.5 Å². The molecule has 0 spiro atoms. The molecule has 1 fully saturated rings. The first-order valence-electron chi connectivity index (χ1n) is 6.74. The topological polar surface area (TPSA) is 29.9 Å². The lowest BCUT2D eigenvalue weighted by atomic mass is 9.85. The Balaban J connectivity index is 1.68. The Morgan fingerprint density at radius 3 is 2.53 bits per heavy atom. The summed E-state index contributed by atoms with van der Waals surface area (Å²) in [6, 6.07) is 2.19. The van der Waals surface area contributed by atoms with Crippen molar-refractivity contribution in [1.82, 2.24) is 15.1 Å². The molecule has 1 aromatic heterocycles. The molecule has 0 saturated heterocycles. The highest BCUT2D eigenvalue weighted by Crippen LogP contribution is 2.37. The molecule has 2 rings (SSSR count). The third kappa shape index (κ3) is 3.96. The van der Waals surface area contributed by atoms with Crippen LogP contribution in [0.1, 0.15) is 31.4 Å². The summed E-state index contributed by atoms with van der Waals surface area (Å²) in [4.78, 5) is 0. The van der Waals surface area contributed by atoms with Gasteiger partial charge in [-0.05, 0) is 31.7 Å². The Bertz CT molecular complexity index is 392. The van der Waals surface area contributed by atoms with E-state index in [1.165, 1.54) is 0 Å². The van der Waals surface area contributed by atoms with Crippen molar-refractivity contribution >= 4 is 0 Å². The van der Waals surface area contributed by atoms with Gasteiger partial charge in [0.1, 0.15) is 0 Å². The summed E-state index contributed by atoms with van der Waals surface area (Å²) >= 11 is 0. The van der Waals surface area contributed by atoms with Crippen molar-refractivity contribution in [3.63, 3.8) is 0 Å². The van der Waals surface area contributed by atoms with Crippen molar-refractivity contribution < 1.29 is 13.2 Å². The van der Waals surface area contributed by atoms with Crippen LogP contribution in [0.3, 0.4) is 0 Å². The summed E-state index contributed by atoms with van der Waals surface area (Å²) in [5.74, 6) is -1.09. The first kappa shape index (κ1) is 14.4. The lowest BCUT2D eigenvalue weighted by molar-refractivity contribution is -0.182. The SMILES string of the molecule is Cn1nccc1CCNC1CCC(C(F)(F)F)CC1. The number of alkyl halides is 3. The number of hydrogen-bond donors (Lipinski definition) is 1. The molecule has 1 saturated carbocycles. The van der Waals surface area contributed by atoms with Crippen LogP contribution in [0.2, 0.25) is 0 Å². The van der Waals surface area contributed by atoms with Crippen molar-refractivity contribution in [3.8, 4) is 0 Å². The molecule has 19 heavy (non-hydrogen) atoms. The first-order valence-corrected chi connectivity index (χ1v) is 6.74. The van der Waals surface area contributed by atoms with Crippen LogP contribution in [0.5, 0.6) is 0 Å². The largest absolute Gasteiger partial charge is 0.391 e. The van der Waals surface area contributed by atoms with Gasteiger partial charge in [0.05, 0.1) is 5.92 Å². The maximum Gasteiger partial charge on any atom is 0.391 e. The molecule has 3 nitrogen and oxygen atoms in total. The van der Waals surface area contributed by atoms with Crippen LogP contribution < -0.4 is 5.32 Å². The highest BCUT2D eigenvalue weighted by atomic mass is 19.4. The van der Waals surface area contributed by atoms with Crippen LogP contribution in [-0.4, -0.2) is 28.5 Å². The normalized spacial score (nSPS) is 24.6. The molecule has 1 aliphatic rings. The van der Waals surface area contributed by atoms with E-state index < -0.39 is 12.1 Å². The lowest BCUT2D eigenvalue weighted by Crippen LogP contribution is -2.37. The molecular formula is C13H20F3N3. The maximum absolute atomic E-state index is 12.5. The highest BCUT2D eigenvalue weighted by Gasteiger charge is 2.41. The summed E-state index contributed by atoms with van der Waals surface area (Å²) in [5, 5.41) is 7.43. The maximum atomic E-state index is 12.5. The number of nitrogens with one attached hydrogen (secondary N) is 1. The van der Waals surface area contributed by atoms with Crippen LogP contribution in [0.4, 0.5) is 13.2 Å². The van der Waals surface area contributed by atoms with Gasteiger partial charge >= 0.3 is 6.18 Å². The van der Waals surface area contributed by atoms with E-state index in [2.05, 4.69) is 10.4 Å². The van der Waals surface area contributed by atoms with Gasteiger partial charge in [-0.1, -0.05) is 0 Å². The molecule has 1 N–H and O–H groups in total. The number of aromatic nitrogens is 2. The lowest BCUT2D eigenvalue weighted by Gasteiger charge is -2.30.